The van der Waals surface area contributed by atoms with E-state index in [2.05, 4.69) is 20.8 Å². The summed E-state index contributed by atoms with van der Waals surface area (Å²) in [6.07, 6.45) is -0.383. The van der Waals surface area contributed by atoms with Gasteiger partial charge in [-0.3, -0.25) is 9.59 Å². The molecule has 0 saturated heterocycles. The Balaban J connectivity index is 1.64. The van der Waals surface area contributed by atoms with Crippen molar-refractivity contribution in [1.29, 1.82) is 0 Å². The average Bonchev–Trinajstić information content (AvgIpc) is 2.97. The predicted octanol–water partition coefficient (Wildman–Crippen LogP) is 5.13. The Morgan fingerprint density at radius 1 is 0.969 bits per heavy atom. The molecule has 0 bridgehead atoms. The highest BCUT2D eigenvalue weighted by molar-refractivity contribution is 6.10. The highest BCUT2D eigenvalue weighted by Gasteiger charge is 2.50. The number of amides is 1. The zero-order valence-electron chi connectivity index (χ0n) is 18.4. The third-order valence-electron chi connectivity index (χ3n) is 6.01. The summed E-state index contributed by atoms with van der Waals surface area (Å²) in [5.41, 5.74) is 0.661. The molecule has 164 valence electrons. The first kappa shape index (κ1) is 21.9. The highest BCUT2D eigenvalue weighted by Crippen LogP contribution is 2.43. The largest absolute Gasteiger partial charge is 0.375 e. The summed E-state index contributed by atoms with van der Waals surface area (Å²) in [7, 11) is 0. The van der Waals surface area contributed by atoms with E-state index >= 15 is 0 Å². The van der Waals surface area contributed by atoms with Crippen molar-refractivity contribution >= 4 is 17.4 Å². The lowest BCUT2D eigenvalue weighted by Crippen LogP contribution is -2.41. The van der Waals surface area contributed by atoms with Crippen molar-refractivity contribution in [3.63, 3.8) is 0 Å². The van der Waals surface area contributed by atoms with Gasteiger partial charge in [-0.25, -0.2) is 4.39 Å². The van der Waals surface area contributed by atoms with Crippen molar-refractivity contribution in [2.45, 2.75) is 44.8 Å². The minimum absolute atomic E-state index is 0.0285. The van der Waals surface area contributed by atoms with Gasteiger partial charge in [-0.15, -0.1) is 0 Å². The van der Waals surface area contributed by atoms with Crippen LogP contribution in [0.1, 0.15) is 54.2 Å². The Bertz CT molecular complexity index is 1180. The number of carbonyl (C=O) groups is 2. The molecule has 5 heteroatoms. The molecule has 0 fully saturated rings. The van der Waals surface area contributed by atoms with Crippen LogP contribution in [0.5, 0.6) is 0 Å². The molecule has 1 heterocycles. The lowest BCUT2D eigenvalue weighted by Gasteiger charge is -2.23. The third kappa shape index (κ3) is 3.84. The number of carbonyl (C=O) groups excluding carboxylic acids is 2. The molecule has 4 rings (SSSR count). The molecule has 1 N–H and O–H groups in total. The molecule has 1 amide bonds. The van der Waals surface area contributed by atoms with Gasteiger partial charge in [-0.05, 0) is 23.1 Å². The molecule has 4 nitrogen and oxygen atoms in total. The number of Topliss-reactive ketones (excluding diaryl/α,β-unsaturated/α-hetero) is 1. The van der Waals surface area contributed by atoms with E-state index in [0.29, 0.717) is 22.4 Å². The van der Waals surface area contributed by atoms with Crippen molar-refractivity contribution in [3.05, 3.63) is 101 Å². The summed E-state index contributed by atoms with van der Waals surface area (Å²) < 4.78 is 14.2. The molecule has 1 atom stereocenters. The van der Waals surface area contributed by atoms with Crippen LogP contribution in [0.2, 0.25) is 0 Å². The van der Waals surface area contributed by atoms with Crippen molar-refractivity contribution in [2.24, 2.45) is 0 Å². The summed E-state index contributed by atoms with van der Waals surface area (Å²) in [5.74, 6) is -1.38. The quantitative estimate of drug-likeness (QED) is 0.570. The molecule has 3 aromatic carbocycles. The van der Waals surface area contributed by atoms with Gasteiger partial charge >= 0.3 is 0 Å². The number of halogens is 1. The first-order chi connectivity index (χ1) is 15.1. The summed E-state index contributed by atoms with van der Waals surface area (Å²) in [4.78, 5) is 27.8. The normalized spacial score (nSPS) is 18.0. The Kier molecular flexibility index (Phi) is 5.47. The molecular weight excluding hydrogens is 405 g/mol. The third-order valence-corrected chi connectivity index (χ3v) is 6.01. The lowest BCUT2D eigenvalue weighted by atomic mass is 9.85. The van der Waals surface area contributed by atoms with E-state index in [1.807, 2.05) is 12.1 Å². The van der Waals surface area contributed by atoms with Gasteiger partial charge in [0.25, 0.3) is 5.91 Å². The molecule has 1 aliphatic heterocycles. The summed E-state index contributed by atoms with van der Waals surface area (Å²) in [5, 5.41) is 11.4. The lowest BCUT2D eigenvalue weighted by molar-refractivity contribution is -0.136. The van der Waals surface area contributed by atoms with Crippen molar-refractivity contribution in [3.8, 4) is 0 Å². The van der Waals surface area contributed by atoms with E-state index in [4.69, 9.17) is 0 Å². The van der Waals surface area contributed by atoms with E-state index in [9.17, 15) is 19.1 Å². The summed E-state index contributed by atoms with van der Waals surface area (Å²) in [6, 6.07) is 20.3. The van der Waals surface area contributed by atoms with Gasteiger partial charge in [0.05, 0.1) is 18.7 Å². The second-order valence-electron chi connectivity index (χ2n) is 9.29. The minimum Gasteiger partial charge on any atom is -0.375 e. The van der Waals surface area contributed by atoms with Crippen LogP contribution in [0.4, 0.5) is 10.1 Å². The van der Waals surface area contributed by atoms with Gasteiger partial charge in [0.1, 0.15) is 5.82 Å². The second-order valence-corrected chi connectivity index (χ2v) is 9.29. The van der Waals surface area contributed by atoms with E-state index in [1.165, 1.54) is 11.0 Å². The number of rotatable bonds is 5. The first-order valence-corrected chi connectivity index (χ1v) is 10.6. The number of nitrogens with zero attached hydrogens (tertiary/aromatic N) is 1. The predicted molar refractivity (Wildman–Crippen MR) is 122 cm³/mol. The number of ketones is 1. The van der Waals surface area contributed by atoms with E-state index in [0.717, 1.165) is 5.56 Å². The van der Waals surface area contributed by atoms with Crippen LogP contribution in [0.15, 0.2) is 72.8 Å². The molecule has 0 aromatic heterocycles. The van der Waals surface area contributed by atoms with Crippen LogP contribution in [-0.4, -0.2) is 16.8 Å². The zero-order chi connectivity index (χ0) is 23.1. The fourth-order valence-electron chi connectivity index (χ4n) is 4.12. The highest BCUT2D eigenvalue weighted by atomic mass is 19.1. The van der Waals surface area contributed by atoms with E-state index in [-0.39, 0.29) is 24.2 Å². The van der Waals surface area contributed by atoms with Crippen LogP contribution in [0, 0.1) is 5.82 Å². The topological polar surface area (TPSA) is 57.6 Å². The van der Waals surface area contributed by atoms with Crippen molar-refractivity contribution in [1.82, 2.24) is 0 Å². The van der Waals surface area contributed by atoms with Gasteiger partial charge in [0, 0.05) is 16.7 Å². The number of anilines is 1. The minimum atomic E-state index is -2.00. The van der Waals surface area contributed by atoms with Crippen LogP contribution in [0.25, 0.3) is 0 Å². The maximum absolute atomic E-state index is 14.2. The summed E-state index contributed by atoms with van der Waals surface area (Å²) >= 11 is 0. The number of hydrogen-bond acceptors (Lipinski definition) is 3. The number of para-hydroxylation sites is 1. The first-order valence-electron chi connectivity index (χ1n) is 10.6. The van der Waals surface area contributed by atoms with Gasteiger partial charge < -0.3 is 10.0 Å². The molecule has 0 saturated carbocycles. The number of benzene rings is 3. The van der Waals surface area contributed by atoms with Crippen LogP contribution in [-0.2, 0) is 22.4 Å². The average molecular weight is 432 g/mol. The number of fused-ring (bicyclic) bond motifs is 1. The fourth-order valence-corrected chi connectivity index (χ4v) is 4.12. The van der Waals surface area contributed by atoms with Gasteiger partial charge in [-0.2, -0.15) is 0 Å². The van der Waals surface area contributed by atoms with Crippen LogP contribution >= 0.6 is 0 Å². The van der Waals surface area contributed by atoms with Crippen molar-refractivity contribution < 1.29 is 19.1 Å². The van der Waals surface area contributed by atoms with E-state index in [1.54, 1.807) is 54.6 Å². The molecule has 3 aromatic rings. The molecule has 32 heavy (non-hydrogen) atoms. The monoisotopic (exact) mass is 431 g/mol. The Labute approximate surface area is 187 Å². The second kappa shape index (κ2) is 7.99. The molecule has 0 radical (unpaired) electrons. The van der Waals surface area contributed by atoms with Gasteiger partial charge in [0.2, 0.25) is 0 Å². The fraction of sp³-hybridized carbons (Fsp3) is 0.259. The summed E-state index contributed by atoms with van der Waals surface area (Å²) in [6.45, 7) is 6.24. The van der Waals surface area contributed by atoms with Gasteiger partial charge in [0.15, 0.2) is 11.4 Å². The van der Waals surface area contributed by atoms with Crippen molar-refractivity contribution in [2.75, 3.05) is 4.90 Å². The zero-order valence-corrected chi connectivity index (χ0v) is 18.4. The SMILES string of the molecule is CC(C)(C)c1ccc(C(=O)C[C@]2(O)C(=O)N(Cc3ccccc3F)c3ccccc32)cc1. The molecule has 0 spiro atoms. The van der Waals surface area contributed by atoms with Crippen LogP contribution < -0.4 is 4.90 Å². The van der Waals surface area contributed by atoms with Crippen LogP contribution in [0.3, 0.4) is 0 Å². The molecular formula is C27H26FNO3. The maximum atomic E-state index is 14.2. The Hall–Kier alpha value is -3.31. The smallest absolute Gasteiger partial charge is 0.264 e. The van der Waals surface area contributed by atoms with E-state index < -0.39 is 17.3 Å². The Morgan fingerprint density at radius 2 is 1.59 bits per heavy atom. The Morgan fingerprint density at radius 3 is 2.25 bits per heavy atom. The number of aliphatic hydroxyl groups is 1. The van der Waals surface area contributed by atoms with Gasteiger partial charge in [-0.1, -0.05) is 81.4 Å². The maximum Gasteiger partial charge on any atom is 0.264 e. The number of hydrogen-bond donors (Lipinski definition) is 1. The molecule has 0 aliphatic carbocycles. The standard InChI is InChI=1S/C27H26FNO3/c1-26(2,3)20-14-12-18(13-15-20)24(30)16-27(32)21-9-5-7-11-23(21)29(25(27)31)17-19-8-4-6-10-22(19)28/h4-15,32H,16-17H2,1-3H3/t27-/m1/s1. The molecule has 1 aliphatic rings. The molecule has 0 unspecified atom stereocenters.